The van der Waals surface area contributed by atoms with E-state index >= 15 is 0 Å². The molecule has 1 saturated heterocycles. The molecule has 0 aromatic heterocycles. The molecule has 0 aliphatic carbocycles. The van der Waals surface area contributed by atoms with Crippen molar-refractivity contribution in [2.75, 3.05) is 32.8 Å². The second-order valence-corrected chi connectivity index (χ2v) is 4.99. The number of carbonyl (C=O) groups is 1. The Balaban J connectivity index is 2.23. The van der Waals surface area contributed by atoms with E-state index < -0.39 is 13.0 Å². The van der Waals surface area contributed by atoms with Crippen LogP contribution in [0.15, 0.2) is 0 Å². The minimum atomic E-state index is -2.47. The van der Waals surface area contributed by atoms with Crippen LogP contribution < -0.4 is 5.32 Å². The third-order valence-corrected chi connectivity index (χ3v) is 3.43. The first-order chi connectivity index (χ1) is 9.04. The number of piperidine rings is 1. The standard InChI is InChI=1S/C13H24F2N2O2/c1-3-16-11-4-6-17(8-10(11)2)13(18)5-7-19-9-12(14)15/h10-12,16H,3-9H2,1-2H3. The van der Waals surface area contributed by atoms with E-state index in [9.17, 15) is 13.6 Å². The van der Waals surface area contributed by atoms with Gasteiger partial charge in [-0.15, -0.1) is 0 Å². The minimum absolute atomic E-state index is 0.00364. The lowest BCUT2D eigenvalue weighted by Gasteiger charge is -2.37. The molecule has 2 unspecified atom stereocenters. The smallest absolute Gasteiger partial charge is 0.261 e. The maximum atomic E-state index is 11.9. The van der Waals surface area contributed by atoms with Crippen molar-refractivity contribution in [3.8, 4) is 0 Å². The van der Waals surface area contributed by atoms with Crippen molar-refractivity contribution in [2.24, 2.45) is 5.92 Å². The van der Waals surface area contributed by atoms with Gasteiger partial charge in [0.2, 0.25) is 5.91 Å². The Morgan fingerprint density at radius 3 is 2.84 bits per heavy atom. The predicted octanol–water partition coefficient (Wildman–Crippen LogP) is 1.50. The highest BCUT2D eigenvalue weighted by Gasteiger charge is 2.27. The SMILES string of the molecule is CCNC1CCN(C(=O)CCOCC(F)F)CC1C. The van der Waals surface area contributed by atoms with Crippen LogP contribution in [0, 0.1) is 5.92 Å². The quantitative estimate of drug-likeness (QED) is 0.718. The zero-order valence-corrected chi connectivity index (χ0v) is 11.7. The Hall–Kier alpha value is -0.750. The number of alkyl halides is 2. The Labute approximate surface area is 113 Å². The van der Waals surface area contributed by atoms with Crippen molar-refractivity contribution < 1.29 is 18.3 Å². The second-order valence-electron chi connectivity index (χ2n) is 4.99. The van der Waals surface area contributed by atoms with Gasteiger partial charge in [0.25, 0.3) is 6.43 Å². The number of nitrogens with one attached hydrogen (secondary N) is 1. The number of ether oxygens (including phenoxy) is 1. The molecule has 1 fully saturated rings. The highest BCUT2D eigenvalue weighted by Crippen LogP contribution is 2.17. The molecule has 0 bridgehead atoms. The number of rotatable bonds is 7. The largest absolute Gasteiger partial charge is 0.375 e. The molecule has 19 heavy (non-hydrogen) atoms. The summed E-state index contributed by atoms with van der Waals surface area (Å²) in [6.07, 6.45) is -1.34. The van der Waals surface area contributed by atoms with Crippen LogP contribution >= 0.6 is 0 Å². The van der Waals surface area contributed by atoms with Crippen LogP contribution in [-0.2, 0) is 9.53 Å². The van der Waals surface area contributed by atoms with Gasteiger partial charge >= 0.3 is 0 Å². The van der Waals surface area contributed by atoms with Crippen LogP contribution in [0.5, 0.6) is 0 Å². The zero-order valence-electron chi connectivity index (χ0n) is 11.7. The Morgan fingerprint density at radius 2 is 2.26 bits per heavy atom. The van der Waals surface area contributed by atoms with Crippen molar-refractivity contribution in [3.05, 3.63) is 0 Å². The van der Waals surface area contributed by atoms with Crippen LogP contribution in [0.2, 0.25) is 0 Å². The molecule has 112 valence electrons. The van der Waals surface area contributed by atoms with Crippen LogP contribution in [0.4, 0.5) is 8.78 Å². The van der Waals surface area contributed by atoms with E-state index in [0.29, 0.717) is 12.0 Å². The van der Waals surface area contributed by atoms with Gasteiger partial charge in [0.05, 0.1) is 13.0 Å². The van der Waals surface area contributed by atoms with Gasteiger partial charge in [-0.2, -0.15) is 0 Å². The number of likely N-dealkylation sites (tertiary alicyclic amines) is 1. The van der Waals surface area contributed by atoms with Gasteiger partial charge in [-0.3, -0.25) is 4.79 Å². The summed E-state index contributed by atoms with van der Waals surface area (Å²) in [6, 6.07) is 0.462. The van der Waals surface area contributed by atoms with E-state index in [1.165, 1.54) is 0 Å². The highest BCUT2D eigenvalue weighted by molar-refractivity contribution is 5.76. The van der Waals surface area contributed by atoms with Crippen molar-refractivity contribution >= 4 is 5.91 Å². The van der Waals surface area contributed by atoms with Crippen LogP contribution in [0.1, 0.15) is 26.7 Å². The van der Waals surface area contributed by atoms with Crippen LogP contribution in [-0.4, -0.2) is 56.1 Å². The molecule has 1 heterocycles. The van der Waals surface area contributed by atoms with Crippen molar-refractivity contribution in [1.29, 1.82) is 0 Å². The molecule has 0 radical (unpaired) electrons. The molecular weight excluding hydrogens is 254 g/mol. The van der Waals surface area contributed by atoms with Crippen LogP contribution in [0.25, 0.3) is 0 Å². The summed E-state index contributed by atoms with van der Waals surface area (Å²) in [5.41, 5.74) is 0. The molecule has 2 atom stereocenters. The van der Waals surface area contributed by atoms with Gasteiger partial charge in [0.15, 0.2) is 0 Å². The van der Waals surface area contributed by atoms with Gasteiger partial charge in [-0.05, 0) is 18.9 Å². The number of amides is 1. The molecule has 1 amide bonds. The summed E-state index contributed by atoms with van der Waals surface area (Å²) < 4.78 is 28.4. The molecular formula is C13H24F2N2O2. The molecule has 1 aliphatic heterocycles. The van der Waals surface area contributed by atoms with Gasteiger partial charge < -0.3 is 15.0 Å². The third-order valence-electron chi connectivity index (χ3n) is 3.43. The van der Waals surface area contributed by atoms with E-state index in [0.717, 1.165) is 26.1 Å². The number of carbonyl (C=O) groups excluding carboxylic acids is 1. The lowest BCUT2D eigenvalue weighted by Crippen LogP contribution is -2.50. The lowest BCUT2D eigenvalue weighted by molar-refractivity contribution is -0.134. The molecule has 4 nitrogen and oxygen atoms in total. The van der Waals surface area contributed by atoms with Gasteiger partial charge in [0, 0.05) is 19.1 Å². The monoisotopic (exact) mass is 278 g/mol. The Kier molecular flexibility index (Phi) is 7.23. The van der Waals surface area contributed by atoms with E-state index in [2.05, 4.69) is 19.2 Å². The fraction of sp³-hybridized carbons (Fsp3) is 0.923. The number of nitrogens with zero attached hydrogens (tertiary/aromatic N) is 1. The fourth-order valence-corrected chi connectivity index (χ4v) is 2.43. The summed E-state index contributed by atoms with van der Waals surface area (Å²) in [6.45, 7) is 6.08. The summed E-state index contributed by atoms with van der Waals surface area (Å²) in [4.78, 5) is 13.7. The average Bonchev–Trinajstić information content (AvgIpc) is 2.36. The van der Waals surface area contributed by atoms with E-state index in [-0.39, 0.29) is 18.9 Å². The predicted molar refractivity (Wildman–Crippen MR) is 69.3 cm³/mol. The summed E-state index contributed by atoms with van der Waals surface area (Å²) in [7, 11) is 0. The number of hydrogen-bond acceptors (Lipinski definition) is 3. The zero-order chi connectivity index (χ0) is 14.3. The van der Waals surface area contributed by atoms with Gasteiger partial charge in [-0.25, -0.2) is 8.78 Å². The first-order valence-corrected chi connectivity index (χ1v) is 6.91. The third kappa shape index (κ3) is 5.82. The molecule has 0 saturated carbocycles. The van der Waals surface area contributed by atoms with E-state index in [1.807, 2.05) is 4.90 Å². The first-order valence-electron chi connectivity index (χ1n) is 6.91. The molecule has 0 spiro atoms. The Bertz CT molecular complexity index is 277. The van der Waals surface area contributed by atoms with Crippen molar-refractivity contribution in [3.63, 3.8) is 0 Å². The summed E-state index contributed by atoms with van der Waals surface area (Å²) >= 11 is 0. The van der Waals surface area contributed by atoms with Gasteiger partial charge in [-0.1, -0.05) is 13.8 Å². The lowest BCUT2D eigenvalue weighted by atomic mass is 9.93. The number of hydrogen-bond donors (Lipinski definition) is 1. The molecule has 6 heteroatoms. The van der Waals surface area contributed by atoms with E-state index in [4.69, 9.17) is 4.74 Å². The molecule has 1 rings (SSSR count). The highest BCUT2D eigenvalue weighted by atomic mass is 19.3. The topological polar surface area (TPSA) is 41.6 Å². The van der Waals surface area contributed by atoms with E-state index in [1.54, 1.807) is 0 Å². The average molecular weight is 278 g/mol. The molecule has 1 aliphatic rings. The fourth-order valence-electron chi connectivity index (χ4n) is 2.43. The number of halogens is 2. The van der Waals surface area contributed by atoms with Crippen LogP contribution in [0.3, 0.4) is 0 Å². The summed E-state index contributed by atoms with van der Waals surface area (Å²) in [5, 5.41) is 3.41. The van der Waals surface area contributed by atoms with Crippen molar-refractivity contribution in [1.82, 2.24) is 10.2 Å². The maximum Gasteiger partial charge on any atom is 0.261 e. The maximum absolute atomic E-state index is 11.9. The summed E-state index contributed by atoms with van der Waals surface area (Å²) in [5.74, 6) is 0.413. The molecule has 0 aromatic carbocycles. The Morgan fingerprint density at radius 1 is 1.53 bits per heavy atom. The van der Waals surface area contributed by atoms with Crippen molar-refractivity contribution in [2.45, 2.75) is 39.2 Å². The minimum Gasteiger partial charge on any atom is -0.375 e. The second kappa shape index (κ2) is 8.43. The normalized spacial score (nSPS) is 23.9. The first kappa shape index (κ1) is 16.3. The molecule has 0 aromatic rings. The van der Waals surface area contributed by atoms with Gasteiger partial charge in [0.1, 0.15) is 6.61 Å². The molecule has 1 N–H and O–H groups in total.